The molecule has 22 heavy (non-hydrogen) atoms. The predicted molar refractivity (Wildman–Crippen MR) is 92.4 cm³/mol. The summed E-state index contributed by atoms with van der Waals surface area (Å²) in [5, 5.41) is 13.8. The third-order valence-electron chi connectivity index (χ3n) is 3.51. The Kier molecular flexibility index (Phi) is 4.36. The van der Waals surface area contributed by atoms with Crippen molar-refractivity contribution in [3.63, 3.8) is 0 Å². The summed E-state index contributed by atoms with van der Waals surface area (Å²) in [6, 6.07) is 10.3. The fourth-order valence-electron chi connectivity index (χ4n) is 2.52. The third kappa shape index (κ3) is 2.82. The van der Waals surface area contributed by atoms with Crippen molar-refractivity contribution in [3.05, 3.63) is 41.5 Å². The number of nitrogens with zero attached hydrogens (tertiary/aromatic N) is 2. The maximum absolute atomic E-state index is 9.52. The first-order chi connectivity index (χ1) is 10.7. The van der Waals surface area contributed by atoms with Crippen LogP contribution in [0.2, 0.25) is 0 Å². The molecule has 1 unspecified atom stereocenters. The zero-order chi connectivity index (χ0) is 15.5. The van der Waals surface area contributed by atoms with Gasteiger partial charge in [-0.3, -0.25) is 0 Å². The number of thiophene rings is 1. The molecule has 0 fully saturated rings. The summed E-state index contributed by atoms with van der Waals surface area (Å²) in [6.07, 6.45) is 2.12. The van der Waals surface area contributed by atoms with Gasteiger partial charge in [-0.1, -0.05) is 37.3 Å². The van der Waals surface area contributed by atoms with Gasteiger partial charge in [-0.15, -0.1) is 11.3 Å². The average Bonchev–Trinajstić information content (AvgIpc) is 2.92. The molecule has 4 nitrogen and oxygen atoms in total. The van der Waals surface area contributed by atoms with Crippen molar-refractivity contribution >= 4 is 27.4 Å². The van der Waals surface area contributed by atoms with Crippen LogP contribution in [0, 0.1) is 0 Å². The molecule has 2 aromatic heterocycles. The lowest BCUT2D eigenvalue weighted by Crippen LogP contribution is -2.16. The number of hydrogen-bond donors (Lipinski definition) is 2. The first-order valence-electron chi connectivity index (χ1n) is 7.44. The van der Waals surface area contributed by atoms with E-state index in [-0.39, 0.29) is 0 Å². The van der Waals surface area contributed by atoms with Crippen molar-refractivity contribution < 1.29 is 5.11 Å². The predicted octanol–water partition coefficient (Wildman–Crippen LogP) is 3.71. The van der Waals surface area contributed by atoms with E-state index in [1.807, 2.05) is 18.2 Å². The fraction of sp³-hybridized carbons (Fsp3) is 0.294. The Morgan fingerprint density at radius 2 is 2.00 bits per heavy atom. The van der Waals surface area contributed by atoms with Gasteiger partial charge in [0.15, 0.2) is 0 Å². The van der Waals surface area contributed by atoms with Crippen molar-refractivity contribution in [1.82, 2.24) is 9.97 Å². The molecule has 2 N–H and O–H groups in total. The van der Waals surface area contributed by atoms with E-state index < -0.39 is 6.10 Å². The molecule has 5 heteroatoms. The Hall–Kier alpha value is -1.98. The second-order valence-corrected chi connectivity index (χ2v) is 6.34. The molecule has 0 bridgehead atoms. The van der Waals surface area contributed by atoms with E-state index in [4.69, 9.17) is 0 Å². The minimum atomic E-state index is -0.422. The molecule has 0 amide bonds. The van der Waals surface area contributed by atoms with Gasteiger partial charge in [0.1, 0.15) is 17.0 Å². The summed E-state index contributed by atoms with van der Waals surface area (Å²) >= 11 is 1.71. The minimum Gasteiger partial charge on any atom is -0.392 e. The van der Waals surface area contributed by atoms with Crippen LogP contribution in [0.4, 0.5) is 5.82 Å². The fourth-order valence-corrected chi connectivity index (χ4v) is 3.62. The molecule has 0 saturated heterocycles. The molecule has 0 aliphatic carbocycles. The lowest BCUT2D eigenvalue weighted by atomic mass is 10.0. The topological polar surface area (TPSA) is 58.0 Å². The Labute approximate surface area is 133 Å². The average molecular weight is 313 g/mol. The number of aliphatic hydroxyl groups excluding tert-OH is 1. The second-order valence-electron chi connectivity index (χ2n) is 5.25. The zero-order valence-electron chi connectivity index (χ0n) is 12.7. The minimum absolute atomic E-state index is 0.422. The molecule has 114 valence electrons. The van der Waals surface area contributed by atoms with Gasteiger partial charge in [0, 0.05) is 17.0 Å². The van der Waals surface area contributed by atoms with Crippen LogP contribution >= 0.6 is 11.3 Å². The number of hydrogen-bond acceptors (Lipinski definition) is 5. The van der Waals surface area contributed by atoms with Crippen molar-refractivity contribution in [2.45, 2.75) is 26.4 Å². The van der Waals surface area contributed by atoms with Gasteiger partial charge in [0.2, 0.25) is 0 Å². The highest BCUT2D eigenvalue weighted by molar-refractivity contribution is 7.19. The summed E-state index contributed by atoms with van der Waals surface area (Å²) in [6.45, 7) is 4.39. The number of aryl methyl sites for hydroxylation is 1. The van der Waals surface area contributed by atoms with Crippen LogP contribution in [0.5, 0.6) is 0 Å². The normalized spacial score (nSPS) is 12.5. The highest BCUT2D eigenvalue weighted by Crippen LogP contribution is 2.40. The van der Waals surface area contributed by atoms with Crippen LogP contribution in [-0.4, -0.2) is 27.7 Å². The first-order valence-corrected chi connectivity index (χ1v) is 8.26. The van der Waals surface area contributed by atoms with E-state index in [9.17, 15) is 5.11 Å². The van der Waals surface area contributed by atoms with E-state index in [1.165, 1.54) is 16.0 Å². The molecule has 1 atom stereocenters. The van der Waals surface area contributed by atoms with Crippen molar-refractivity contribution in [1.29, 1.82) is 0 Å². The lowest BCUT2D eigenvalue weighted by Gasteiger charge is -2.10. The third-order valence-corrected chi connectivity index (χ3v) is 4.75. The molecule has 0 aliphatic heterocycles. The smallest absolute Gasteiger partial charge is 0.138 e. The summed E-state index contributed by atoms with van der Waals surface area (Å²) in [7, 11) is 0. The largest absolute Gasteiger partial charge is 0.392 e. The van der Waals surface area contributed by atoms with Crippen LogP contribution in [0.1, 0.15) is 18.7 Å². The monoisotopic (exact) mass is 313 g/mol. The first kappa shape index (κ1) is 14.9. The SMILES string of the molecule is CCc1sc2ncnc(NCC(C)O)c2c1-c1ccccc1. The number of fused-ring (bicyclic) bond motifs is 1. The number of benzene rings is 1. The maximum Gasteiger partial charge on any atom is 0.138 e. The van der Waals surface area contributed by atoms with E-state index in [0.717, 1.165) is 22.5 Å². The Morgan fingerprint density at radius 1 is 1.23 bits per heavy atom. The number of nitrogens with one attached hydrogen (secondary N) is 1. The van der Waals surface area contributed by atoms with E-state index in [2.05, 4.69) is 34.3 Å². The Bertz CT molecular complexity index is 768. The zero-order valence-corrected chi connectivity index (χ0v) is 13.5. The highest BCUT2D eigenvalue weighted by Gasteiger charge is 2.17. The number of aromatic nitrogens is 2. The van der Waals surface area contributed by atoms with Crippen molar-refractivity contribution in [3.8, 4) is 11.1 Å². The number of aliphatic hydroxyl groups is 1. The van der Waals surface area contributed by atoms with E-state index >= 15 is 0 Å². The van der Waals surface area contributed by atoms with Crippen LogP contribution < -0.4 is 5.32 Å². The van der Waals surface area contributed by atoms with Gasteiger partial charge in [0.25, 0.3) is 0 Å². The summed E-state index contributed by atoms with van der Waals surface area (Å²) in [5.41, 5.74) is 2.39. The van der Waals surface area contributed by atoms with Crippen molar-refractivity contribution in [2.75, 3.05) is 11.9 Å². The standard InChI is InChI=1S/C17H19N3OS/c1-3-13-14(12-7-5-4-6-8-12)15-16(18-9-11(2)21)19-10-20-17(15)22-13/h4-8,10-11,21H,3,9H2,1-2H3,(H,18,19,20). The molecule has 0 radical (unpaired) electrons. The van der Waals surface area contributed by atoms with Gasteiger partial charge < -0.3 is 10.4 Å². The van der Waals surface area contributed by atoms with Gasteiger partial charge in [-0.05, 0) is 18.9 Å². The molecule has 0 saturated carbocycles. The van der Waals surface area contributed by atoms with Crippen LogP contribution in [-0.2, 0) is 6.42 Å². The molecule has 2 heterocycles. The summed E-state index contributed by atoms with van der Waals surface area (Å²) in [4.78, 5) is 11.1. The molecular formula is C17H19N3OS. The maximum atomic E-state index is 9.52. The molecule has 3 aromatic rings. The van der Waals surface area contributed by atoms with Crippen LogP contribution in [0.3, 0.4) is 0 Å². The van der Waals surface area contributed by atoms with Crippen molar-refractivity contribution in [2.24, 2.45) is 0 Å². The van der Waals surface area contributed by atoms with Crippen LogP contribution in [0.15, 0.2) is 36.7 Å². The molecule has 3 rings (SSSR count). The quantitative estimate of drug-likeness (QED) is 0.754. The summed E-state index contributed by atoms with van der Waals surface area (Å²) < 4.78 is 0. The highest BCUT2D eigenvalue weighted by atomic mass is 32.1. The number of rotatable bonds is 5. The van der Waals surface area contributed by atoms with Crippen LogP contribution in [0.25, 0.3) is 21.3 Å². The van der Waals surface area contributed by atoms with Gasteiger partial charge >= 0.3 is 0 Å². The Balaban J connectivity index is 2.20. The molecular weight excluding hydrogens is 294 g/mol. The van der Waals surface area contributed by atoms with E-state index in [0.29, 0.717) is 6.54 Å². The Morgan fingerprint density at radius 3 is 2.68 bits per heavy atom. The second kappa shape index (κ2) is 6.42. The molecule has 0 spiro atoms. The molecule has 1 aromatic carbocycles. The number of anilines is 1. The van der Waals surface area contributed by atoms with Gasteiger partial charge in [-0.25, -0.2) is 9.97 Å². The lowest BCUT2D eigenvalue weighted by molar-refractivity contribution is 0.208. The van der Waals surface area contributed by atoms with Gasteiger partial charge in [-0.2, -0.15) is 0 Å². The van der Waals surface area contributed by atoms with Gasteiger partial charge in [0.05, 0.1) is 11.5 Å². The van der Waals surface area contributed by atoms with E-state index in [1.54, 1.807) is 24.6 Å². The summed E-state index contributed by atoms with van der Waals surface area (Å²) in [5.74, 6) is 0.792. The molecule has 0 aliphatic rings.